The van der Waals surface area contributed by atoms with Gasteiger partial charge in [-0.15, -0.1) is 0 Å². The first-order valence-corrected chi connectivity index (χ1v) is 10.4. The lowest BCUT2D eigenvalue weighted by Gasteiger charge is -2.22. The third-order valence-electron chi connectivity index (χ3n) is 4.88. The number of carbonyl (C=O) groups is 1. The quantitative estimate of drug-likeness (QED) is 0.458. The Morgan fingerprint density at radius 1 is 1.17 bits per heavy atom. The summed E-state index contributed by atoms with van der Waals surface area (Å²) in [6.45, 7) is 0.288. The van der Waals surface area contributed by atoms with Crippen LogP contribution in [0, 0.1) is 11.3 Å². The molecule has 6 heteroatoms. The number of benzene rings is 2. The Morgan fingerprint density at radius 3 is 2.69 bits per heavy atom. The van der Waals surface area contributed by atoms with E-state index in [1.54, 1.807) is 24.3 Å². The van der Waals surface area contributed by atoms with Crippen LogP contribution in [-0.4, -0.2) is 11.9 Å². The van der Waals surface area contributed by atoms with Gasteiger partial charge in [-0.2, -0.15) is 5.26 Å². The zero-order chi connectivity index (χ0) is 20.6. The maximum absolute atomic E-state index is 12.4. The summed E-state index contributed by atoms with van der Waals surface area (Å²) in [4.78, 5) is 12.4. The molecular weight excluding hydrogens is 407 g/mol. The smallest absolute Gasteiger partial charge is 0.262 e. The summed E-state index contributed by atoms with van der Waals surface area (Å²) in [6, 6.07) is 14.7. The first-order chi connectivity index (χ1) is 14.0. The van der Waals surface area contributed by atoms with Crippen LogP contribution in [0.4, 0.5) is 0 Å². The van der Waals surface area contributed by atoms with Crippen LogP contribution in [0.25, 0.3) is 6.08 Å². The van der Waals surface area contributed by atoms with E-state index in [2.05, 4.69) is 5.32 Å². The lowest BCUT2D eigenvalue weighted by Crippen LogP contribution is -2.36. The summed E-state index contributed by atoms with van der Waals surface area (Å²) in [5, 5.41) is 13.5. The number of amides is 1. The third-order valence-corrected chi connectivity index (χ3v) is 5.47. The molecule has 1 amide bonds. The predicted octanol–water partition coefficient (Wildman–Crippen LogP) is 5.93. The molecule has 2 aromatic rings. The highest BCUT2D eigenvalue weighted by Crippen LogP contribution is 2.24. The average molecular weight is 429 g/mol. The largest absolute Gasteiger partial charge is 0.489 e. The van der Waals surface area contributed by atoms with Gasteiger partial charge in [-0.1, -0.05) is 60.7 Å². The molecule has 0 bridgehead atoms. The SMILES string of the molecule is N#C/C(=C\c1cccc(OCc2ccc(Cl)cc2Cl)c1)C(=O)NC1CCCCC1. The molecule has 2 aromatic carbocycles. The minimum Gasteiger partial charge on any atom is -0.489 e. The summed E-state index contributed by atoms with van der Waals surface area (Å²) >= 11 is 12.1. The number of carbonyl (C=O) groups excluding carboxylic acids is 1. The second-order valence-electron chi connectivity index (χ2n) is 7.08. The van der Waals surface area contributed by atoms with E-state index < -0.39 is 0 Å². The number of hydrogen-bond donors (Lipinski definition) is 1. The van der Waals surface area contributed by atoms with Crippen LogP contribution in [-0.2, 0) is 11.4 Å². The maximum Gasteiger partial charge on any atom is 0.262 e. The third kappa shape index (κ3) is 6.25. The Hall–Kier alpha value is -2.48. The van der Waals surface area contributed by atoms with Gasteiger partial charge in [-0.05, 0) is 48.7 Å². The van der Waals surface area contributed by atoms with Crippen LogP contribution in [0.15, 0.2) is 48.0 Å². The molecule has 1 saturated carbocycles. The van der Waals surface area contributed by atoms with Crippen molar-refractivity contribution in [2.75, 3.05) is 0 Å². The summed E-state index contributed by atoms with van der Waals surface area (Å²) in [6.07, 6.45) is 6.98. The first-order valence-electron chi connectivity index (χ1n) is 9.64. The molecule has 0 spiro atoms. The highest BCUT2D eigenvalue weighted by atomic mass is 35.5. The fourth-order valence-corrected chi connectivity index (χ4v) is 3.78. The minimum atomic E-state index is -0.321. The zero-order valence-electron chi connectivity index (χ0n) is 16.0. The van der Waals surface area contributed by atoms with Gasteiger partial charge in [0.1, 0.15) is 24.0 Å². The second kappa shape index (κ2) is 10.3. The number of hydrogen-bond acceptors (Lipinski definition) is 3. The van der Waals surface area contributed by atoms with Crippen LogP contribution in [0.5, 0.6) is 5.75 Å². The van der Waals surface area contributed by atoms with E-state index in [0.29, 0.717) is 15.8 Å². The summed E-state index contributed by atoms with van der Waals surface area (Å²) in [7, 11) is 0. The van der Waals surface area contributed by atoms with Crippen molar-refractivity contribution < 1.29 is 9.53 Å². The van der Waals surface area contributed by atoms with Crippen LogP contribution >= 0.6 is 23.2 Å². The highest BCUT2D eigenvalue weighted by Gasteiger charge is 2.18. The topological polar surface area (TPSA) is 62.1 Å². The van der Waals surface area contributed by atoms with Gasteiger partial charge in [0.15, 0.2) is 0 Å². The Balaban J connectivity index is 1.66. The van der Waals surface area contributed by atoms with Crippen molar-refractivity contribution in [2.45, 2.75) is 44.8 Å². The molecular formula is C23H22Cl2N2O2. The molecule has 29 heavy (non-hydrogen) atoms. The van der Waals surface area contributed by atoms with Crippen molar-refractivity contribution in [3.8, 4) is 11.8 Å². The summed E-state index contributed by atoms with van der Waals surface area (Å²) in [5.74, 6) is 0.299. The van der Waals surface area contributed by atoms with Gasteiger partial charge in [-0.3, -0.25) is 4.79 Å². The van der Waals surface area contributed by atoms with Crippen molar-refractivity contribution in [1.82, 2.24) is 5.32 Å². The standard InChI is InChI=1S/C23H22Cl2N2O2/c24-19-10-9-17(22(25)13-19)15-29-21-8-4-5-16(12-21)11-18(14-26)23(28)27-20-6-2-1-3-7-20/h4-5,8-13,20H,1-3,6-7,15H2,(H,27,28)/b18-11+. The number of rotatable bonds is 6. The summed E-state index contributed by atoms with van der Waals surface area (Å²) < 4.78 is 5.81. The van der Waals surface area contributed by atoms with Crippen molar-refractivity contribution >= 4 is 35.2 Å². The van der Waals surface area contributed by atoms with Crippen molar-refractivity contribution in [1.29, 1.82) is 5.26 Å². The van der Waals surface area contributed by atoms with Crippen molar-refractivity contribution in [3.05, 3.63) is 69.2 Å². The molecule has 0 saturated heterocycles. The van der Waals surface area contributed by atoms with E-state index in [9.17, 15) is 10.1 Å². The molecule has 1 aliphatic carbocycles. The number of nitrogens with zero attached hydrogens (tertiary/aromatic N) is 1. The number of nitriles is 1. The fourth-order valence-electron chi connectivity index (χ4n) is 3.32. The molecule has 0 aliphatic heterocycles. The first kappa shape index (κ1) is 21.2. The second-order valence-corrected chi connectivity index (χ2v) is 7.92. The van der Waals surface area contributed by atoms with E-state index >= 15 is 0 Å². The Kier molecular flexibility index (Phi) is 7.57. The zero-order valence-corrected chi connectivity index (χ0v) is 17.5. The van der Waals surface area contributed by atoms with Crippen LogP contribution in [0.1, 0.15) is 43.2 Å². The van der Waals surface area contributed by atoms with Crippen LogP contribution < -0.4 is 10.1 Å². The van der Waals surface area contributed by atoms with E-state index in [4.69, 9.17) is 27.9 Å². The lowest BCUT2D eigenvalue weighted by atomic mass is 9.95. The fraction of sp³-hybridized carbons (Fsp3) is 0.304. The van der Waals surface area contributed by atoms with Crippen molar-refractivity contribution in [3.63, 3.8) is 0 Å². The van der Waals surface area contributed by atoms with Gasteiger partial charge < -0.3 is 10.1 Å². The highest BCUT2D eigenvalue weighted by molar-refractivity contribution is 6.35. The Morgan fingerprint density at radius 2 is 1.97 bits per heavy atom. The number of ether oxygens (including phenoxy) is 1. The summed E-state index contributed by atoms with van der Waals surface area (Å²) in [5.41, 5.74) is 1.63. The number of nitrogens with one attached hydrogen (secondary N) is 1. The van der Waals surface area contributed by atoms with Crippen LogP contribution in [0.3, 0.4) is 0 Å². The maximum atomic E-state index is 12.4. The molecule has 1 aliphatic rings. The Labute approximate surface area is 181 Å². The molecule has 150 valence electrons. The van der Waals surface area contributed by atoms with Gasteiger partial charge in [0.25, 0.3) is 5.91 Å². The molecule has 0 radical (unpaired) electrons. The molecule has 4 nitrogen and oxygen atoms in total. The molecule has 0 atom stereocenters. The van der Waals surface area contributed by atoms with Gasteiger partial charge in [-0.25, -0.2) is 0 Å². The average Bonchev–Trinajstić information content (AvgIpc) is 2.72. The van der Waals surface area contributed by atoms with Crippen LogP contribution in [0.2, 0.25) is 10.0 Å². The normalized spacial score (nSPS) is 14.9. The predicted molar refractivity (Wildman–Crippen MR) is 116 cm³/mol. The molecule has 1 fully saturated rings. The molecule has 3 rings (SSSR count). The Bertz CT molecular complexity index is 944. The van der Waals surface area contributed by atoms with Gasteiger partial charge in [0.05, 0.1) is 0 Å². The molecule has 0 unspecified atom stereocenters. The van der Waals surface area contributed by atoms with E-state index in [1.165, 1.54) is 6.42 Å². The van der Waals surface area contributed by atoms with E-state index in [1.807, 2.05) is 30.3 Å². The molecule has 0 heterocycles. The minimum absolute atomic E-state index is 0.0912. The lowest BCUT2D eigenvalue weighted by molar-refractivity contribution is -0.117. The van der Waals surface area contributed by atoms with Gasteiger partial charge in [0, 0.05) is 21.7 Å². The molecule has 0 aromatic heterocycles. The van der Waals surface area contributed by atoms with Crippen molar-refractivity contribution in [2.24, 2.45) is 0 Å². The van der Waals surface area contributed by atoms with E-state index in [-0.39, 0.29) is 24.1 Å². The van der Waals surface area contributed by atoms with Gasteiger partial charge >= 0.3 is 0 Å². The van der Waals surface area contributed by atoms with Gasteiger partial charge in [0.2, 0.25) is 0 Å². The number of halogens is 2. The molecule has 1 N–H and O–H groups in total. The van der Waals surface area contributed by atoms with E-state index in [0.717, 1.165) is 36.8 Å². The monoisotopic (exact) mass is 428 g/mol.